The van der Waals surface area contributed by atoms with Crippen LogP contribution in [0.3, 0.4) is 0 Å². The number of non-ortho nitro benzene ring substituents is 1. The van der Waals surface area contributed by atoms with Crippen molar-refractivity contribution in [3.05, 3.63) is 28.3 Å². The number of nitrogens with zero attached hydrogens (tertiary/aromatic N) is 3. The van der Waals surface area contributed by atoms with Crippen molar-refractivity contribution in [2.45, 2.75) is 18.9 Å². The molecule has 9 nitrogen and oxygen atoms in total. The van der Waals surface area contributed by atoms with Crippen molar-refractivity contribution in [2.24, 2.45) is 0 Å². The summed E-state index contributed by atoms with van der Waals surface area (Å²) in [5.41, 5.74) is 0.257. The number of nitrogens with one attached hydrogen (secondary N) is 1. The average Bonchev–Trinajstić information content (AvgIpc) is 3.16. The largest absolute Gasteiger partial charge is 0.494 e. The highest BCUT2D eigenvalue weighted by atomic mass is 32.2. The molecule has 1 N–H and O–H groups in total. The van der Waals surface area contributed by atoms with E-state index < -0.39 is 4.92 Å². The lowest BCUT2D eigenvalue weighted by atomic mass is 10.2. The van der Waals surface area contributed by atoms with Crippen LogP contribution in [0.4, 0.5) is 11.4 Å². The lowest BCUT2D eigenvalue weighted by molar-refractivity contribution is -0.384. The standard InChI is InChI=1S/C18H24N4O5S/c1-27-16-11-13(22(25)26)4-5-14(16)19-17(23)12-21-6-2-3-15(21)18(24)20-7-9-28-10-8-20/h4-5,11,15H,2-3,6-10,12H2,1H3,(H,19,23). The predicted octanol–water partition coefficient (Wildman–Crippen LogP) is 1.58. The van der Waals surface area contributed by atoms with Gasteiger partial charge in [-0.1, -0.05) is 0 Å². The summed E-state index contributed by atoms with van der Waals surface area (Å²) in [4.78, 5) is 39.5. The van der Waals surface area contributed by atoms with Crippen LogP contribution in [0.25, 0.3) is 0 Å². The Hall–Kier alpha value is -2.33. The molecule has 2 saturated heterocycles. The molecule has 10 heteroatoms. The van der Waals surface area contributed by atoms with Gasteiger partial charge in [0.15, 0.2) is 0 Å². The number of carbonyl (C=O) groups excluding carboxylic acids is 2. The average molecular weight is 408 g/mol. The molecule has 0 radical (unpaired) electrons. The summed E-state index contributed by atoms with van der Waals surface area (Å²) in [5.74, 6) is 1.97. The van der Waals surface area contributed by atoms with Crippen LogP contribution in [0, 0.1) is 10.1 Å². The SMILES string of the molecule is COc1cc([N+](=O)[O-])ccc1NC(=O)CN1CCCC1C(=O)N1CCSCC1. The smallest absolute Gasteiger partial charge is 0.273 e. The molecule has 1 aromatic rings. The fourth-order valence-electron chi connectivity index (χ4n) is 3.56. The van der Waals surface area contributed by atoms with E-state index in [2.05, 4.69) is 5.32 Å². The molecule has 0 aliphatic carbocycles. The minimum atomic E-state index is -0.520. The second-order valence-corrected chi connectivity index (χ2v) is 7.98. The van der Waals surface area contributed by atoms with Gasteiger partial charge in [-0.05, 0) is 25.5 Å². The van der Waals surface area contributed by atoms with E-state index in [4.69, 9.17) is 4.74 Å². The third kappa shape index (κ3) is 4.74. The molecule has 2 aliphatic heterocycles. The number of ether oxygens (including phenoxy) is 1. The molecule has 2 heterocycles. The van der Waals surface area contributed by atoms with E-state index in [0.29, 0.717) is 12.2 Å². The lowest BCUT2D eigenvalue weighted by Gasteiger charge is -2.32. The summed E-state index contributed by atoms with van der Waals surface area (Å²) in [7, 11) is 1.39. The number of benzene rings is 1. The molecule has 2 aliphatic rings. The number of methoxy groups -OCH3 is 1. The highest BCUT2D eigenvalue weighted by Crippen LogP contribution is 2.29. The van der Waals surface area contributed by atoms with Crippen LogP contribution in [0.15, 0.2) is 18.2 Å². The number of hydrogen-bond acceptors (Lipinski definition) is 7. The number of amides is 2. The maximum Gasteiger partial charge on any atom is 0.273 e. The zero-order chi connectivity index (χ0) is 20.1. The molecule has 1 unspecified atom stereocenters. The number of thioether (sulfide) groups is 1. The molecule has 2 fully saturated rings. The minimum Gasteiger partial charge on any atom is -0.494 e. The Morgan fingerprint density at radius 1 is 1.32 bits per heavy atom. The monoisotopic (exact) mass is 408 g/mol. The first-order valence-electron chi connectivity index (χ1n) is 9.22. The van der Waals surface area contributed by atoms with Crippen LogP contribution in [-0.4, -0.2) is 77.4 Å². The number of nitro groups is 1. The first-order valence-corrected chi connectivity index (χ1v) is 10.4. The van der Waals surface area contributed by atoms with Gasteiger partial charge >= 0.3 is 0 Å². The van der Waals surface area contributed by atoms with E-state index in [1.807, 2.05) is 21.6 Å². The van der Waals surface area contributed by atoms with Crippen molar-refractivity contribution in [3.63, 3.8) is 0 Å². The summed E-state index contributed by atoms with van der Waals surface area (Å²) in [6.45, 7) is 2.32. The number of carbonyl (C=O) groups is 2. The summed E-state index contributed by atoms with van der Waals surface area (Å²) >= 11 is 1.85. The highest BCUT2D eigenvalue weighted by Gasteiger charge is 2.35. The van der Waals surface area contributed by atoms with Crippen molar-refractivity contribution in [1.29, 1.82) is 0 Å². The fraction of sp³-hybridized carbons (Fsp3) is 0.556. The van der Waals surface area contributed by atoms with Crippen molar-refractivity contribution in [3.8, 4) is 5.75 Å². The zero-order valence-electron chi connectivity index (χ0n) is 15.8. The maximum atomic E-state index is 12.8. The van der Waals surface area contributed by atoms with Gasteiger partial charge in [-0.25, -0.2) is 0 Å². The maximum absolute atomic E-state index is 12.8. The number of anilines is 1. The third-order valence-corrected chi connectivity index (χ3v) is 5.93. The Morgan fingerprint density at radius 2 is 2.07 bits per heavy atom. The molecule has 1 aromatic carbocycles. The number of likely N-dealkylation sites (tertiary alicyclic amines) is 1. The molecular formula is C18H24N4O5S. The molecule has 2 amide bonds. The topological polar surface area (TPSA) is 105 Å². The van der Waals surface area contributed by atoms with Gasteiger partial charge in [0.25, 0.3) is 5.69 Å². The van der Waals surface area contributed by atoms with Crippen LogP contribution in [-0.2, 0) is 9.59 Å². The van der Waals surface area contributed by atoms with Gasteiger partial charge in [-0.2, -0.15) is 11.8 Å². The van der Waals surface area contributed by atoms with Gasteiger partial charge in [0.2, 0.25) is 11.8 Å². The zero-order valence-corrected chi connectivity index (χ0v) is 16.6. The second-order valence-electron chi connectivity index (χ2n) is 6.76. The first kappa shape index (κ1) is 20.4. The first-order chi connectivity index (χ1) is 13.5. The minimum absolute atomic E-state index is 0.0964. The van der Waals surface area contributed by atoms with Crippen molar-refractivity contribution < 1.29 is 19.2 Å². The van der Waals surface area contributed by atoms with E-state index in [0.717, 1.165) is 37.4 Å². The third-order valence-electron chi connectivity index (χ3n) is 4.99. The van der Waals surface area contributed by atoms with E-state index >= 15 is 0 Å². The summed E-state index contributed by atoms with van der Waals surface area (Å²) in [6.07, 6.45) is 1.64. The fourth-order valence-corrected chi connectivity index (χ4v) is 4.46. The molecule has 0 aromatic heterocycles. The lowest BCUT2D eigenvalue weighted by Crippen LogP contribution is -2.49. The summed E-state index contributed by atoms with van der Waals surface area (Å²) in [5, 5.41) is 13.6. The van der Waals surface area contributed by atoms with Crippen molar-refractivity contribution in [1.82, 2.24) is 9.80 Å². The van der Waals surface area contributed by atoms with Crippen LogP contribution in [0.1, 0.15) is 12.8 Å². The van der Waals surface area contributed by atoms with Crippen LogP contribution >= 0.6 is 11.8 Å². The van der Waals surface area contributed by atoms with E-state index in [9.17, 15) is 19.7 Å². The predicted molar refractivity (Wildman–Crippen MR) is 107 cm³/mol. The van der Waals surface area contributed by atoms with Gasteiger partial charge in [-0.15, -0.1) is 0 Å². The van der Waals surface area contributed by atoms with E-state index in [1.54, 1.807) is 0 Å². The van der Waals surface area contributed by atoms with E-state index in [1.165, 1.54) is 25.3 Å². The van der Waals surface area contributed by atoms with Crippen molar-refractivity contribution in [2.75, 3.05) is 50.1 Å². The Bertz CT molecular complexity index is 753. The molecule has 0 bridgehead atoms. The van der Waals surface area contributed by atoms with Gasteiger partial charge in [0.1, 0.15) is 5.75 Å². The van der Waals surface area contributed by atoms with Gasteiger partial charge in [0, 0.05) is 30.7 Å². The Labute approximate surface area is 167 Å². The highest BCUT2D eigenvalue weighted by molar-refractivity contribution is 7.99. The number of nitro benzene ring substituents is 1. The van der Waals surface area contributed by atoms with Gasteiger partial charge < -0.3 is 15.0 Å². The molecule has 1 atom stereocenters. The molecule has 28 heavy (non-hydrogen) atoms. The van der Waals surface area contributed by atoms with Gasteiger partial charge in [0.05, 0.1) is 36.4 Å². The number of rotatable bonds is 6. The second kappa shape index (κ2) is 9.24. The molecule has 3 rings (SSSR count). The van der Waals surface area contributed by atoms with Crippen LogP contribution in [0.5, 0.6) is 5.75 Å². The molecule has 152 valence electrons. The number of hydrogen-bond donors (Lipinski definition) is 1. The van der Waals surface area contributed by atoms with Crippen LogP contribution < -0.4 is 10.1 Å². The summed E-state index contributed by atoms with van der Waals surface area (Å²) in [6, 6.07) is 3.78. The van der Waals surface area contributed by atoms with E-state index in [-0.39, 0.29) is 35.8 Å². The van der Waals surface area contributed by atoms with Crippen LogP contribution in [0.2, 0.25) is 0 Å². The van der Waals surface area contributed by atoms with Gasteiger partial charge in [-0.3, -0.25) is 24.6 Å². The molecule has 0 saturated carbocycles. The quantitative estimate of drug-likeness (QED) is 0.563. The Kier molecular flexibility index (Phi) is 6.74. The Balaban J connectivity index is 1.62. The van der Waals surface area contributed by atoms with Crippen molar-refractivity contribution >= 4 is 35.0 Å². The normalized spacial score (nSPS) is 20.0. The molecule has 0 spiro atoms. The summed E-state index contributed by atoms with van der Waals surface area (Å²) < 4.78 is 5.15. The molecular weight excluding hydrogens is 384 g/mol. The Morgan fingerprint density at radius 3 is 2.75 bits per heavy atom.